The largest absolute Gasteiger partial charge is 0.396 e. The summed E-state index contributed by atoms with van der Waals surface area (Å²) in [4.78, 5) is 36.8. The first kappa shape index (κ1) is 13.3. The lowest BCUT2D eigenvalue weighted by Crippen LogP contribution is -2.11. The SMILES string of the molecule is Cn1cnc([N+](=O)[O-])c1Sc1nc2ncn(C)c2c(=O)[nH]1. The van der Waals surface area contributed by atoms with E-state index in [1.807, 2.05) is 0 Å². The molecule has 0 aliphatic carbocycles. The van der Waals surface area contributed by atoms with Gasteiger partial charge in [0.1, 0.15) is 0 Å². The molecule has 3 rings (SSSR count). The average molecular weight is 307 g/mol. The first-order chi connectivity index (χ1) is 9.97. The van der Waals surface area contributed by atoms with Crippen LogP contribution in [0, 0.1) is 10.1 Å². The van der Waals surface area contributed by atoms with Crippen molar-refractivity contribution in [3.8, 4) is 0 Å². The maximum Gasteiger partial charge on any atom is 0.396 e. The summed E-state index contributed by atoms with van der Waals surface area (Å²) in [5.41, 5.74) is 0.278. The van der Waals surface area contributed by atoms with Crippen molar-refractivity contribution >= 4 is 28.7 Å². The number of nitrogens with zero attached hydrogens (tertiary/aromatic N) is 6. The van der Waals surface area contributed by atoms with Crippen LogP contribution in [0.3, 0.4) is 0 Å². The number of aromatic nitrogens is 6. The summed E-state index contributed by atoms with van der Waals surface area (Å²) in [5, 5.41) is 11.4. The van der Waals surface area contributed by atoms with Gasteiger partial charge in [-0.05, 0) is 21.7 Å². The second kappa shape index (κ2) is 4.70. The van der Waals surface area contributed by atoms with E-state index in [-0.39, 0.29) is 27.2 Å². The summed E-state index contributed by atoms with van der Waals surface area (Å²) >= 11 is 0.957. The predicted octanol–water partition coefficient (Wildman–Crippen LogP) is 0.449. The van der Waals surface area contributed by atoms with Gasteiger partial charge in [-0.15, -0.1) is 0 Å². The number of nitro groups is 1. The second-order valence-corrected chi connectivity index (χ2v) is 5.22. The molecule has 21 heavy (non-hydrogen) atoms. The summed E-state index contributed by atoms with van der Waals surface area (Å²) in [5.74, 6) is -0.286. The van der Waals surface area contributed by atoms with Crippen molar-refractivity contribution < 1.29 is 4.92 Å². The van der Waals surface area contributed by atoms with E-state index in [4.69, 9.17) is 0 Å². The topological polar surface area (TPSA) is 125 Å². The predicted molar refractivity (Wildman–Crippen MR) is 73.1 cm³/mol. The van der Waals surface area contributed by atoms with E-state index < -0.39 is 4.92 Å². The molecular weight excluding hydrogens is 298 g/mol. The van der Waals surface area contributed by atoms with Gasteiger partial charge in [0.2, 0.25) is 6.33 Å². The normalized spacial score (nSPS) is 11.1. The maximum atomic E-state index is 12.0. The number of aromatic amines is 1. The molecule has 0 unspecified atom stereocenters. The van der Waals surface area contributed by atoms with Crippen LogP contribution in [0.25, 0.3) is 11.2 Å². The zero-order valence-electron chi connectivity index (χ0n) is 11.0. The molecule has 108 valence electrons. The minimum atomic E-state index is -0.584. The van der Waals surface area contributed by atoms with E-state index in [1.165, 1.54) is 17.2 Å². The van der Waals surface area contributed by atoms with Gasteiger partial charge < -0.3 is 19.2 Å². The molecule has 0 aromatic carbocycles. The molecule has 1 N–H and O–H groups in total. The van der Waals surface area contributed by atoms with Crippen LogP contribution in [-0.4, -0.2) is 34.0 Å². The zero-order valence-corrected chi connectivity index (χ0v) is 11.8. The molecule has 10 nitrogen and oxygen atoms in total. The summed E-state index contributed by atoms with van der Waals surface area (Å²) in [6.07, 6.45) is 2.81. The summed E-state index contributed by atoms with van der Waals surface area (Å²) in [6, 6.07) is 0. The van der Waals surface area contributed by atoms with Gasteiger partial charge in [-0.3, -0.25) is 9.78 Å². The number of fused-ring (bicyclic) bond motifs is 1. The van der Waals surface area contributed by atoms with Crippen LogP contribution in [0.15, 0.2) is 27.6 Å². The highest BCUT2D eigenvalue weighted by atomic mass is 32.2. The Morgan fingerprint density at radius 2 is 2.00 bits per heavy atom. The van der Waals surface area contributed by atoms with Crippen molar-refractivity contribution in [1.29, 1.82) is 0 Å². The third-order valence-electron chi connectivity index (χ3n) is 2.79. The average Bonchev–Trinajstić information content (AvgIpc) is 2.95. The Hall–Kier alpha value is -2.69. The van der Waals surface area contributed by atoms with Crippen molar-refractivity contribution in [1.82, 2.24) is 29.1 Å². The molecule has 3 aromatic heterocycles. The minimum Gasteiger partial charge on any atom is -0.358 e. The Bertz CT molecular complexity index is 909. The molecule has 0 fully saturated rings. The van der Waals surface area contributed by atoms with Crippen molar-refractivity contribution in [2.24, 2.45) is 14.1 Å². The first-order valence-corrected chi connectivity index (χ1v) is 6.54. The van der Waals surface area contributed by atoms with Crippen LogP contribution < -0.4 is 5.56 Å². The van der Waals surface area contributed by atoms with E-state index >= 15 is 0 Å². The quantitative estimate of drug-likeness (QED) is 0.423. The van der Waals surface area contributed by atoms with Gasteiger partial charge in [0, 0.05) is 14.1 Å². The highest BCUT2D eigenvalue weighted by Gasteiger charge is 2.22. The van der Waals surface area contributed by atoms with Crippen LogP contribution >= 0.6 is 11.8 Å². The van der Waals surface area contributed by atoms with E-state index in [1.54, 1.807) is 18.7 Å². The van der Waals surface area contributed by atoms with Gasteiger partial charge in [0.05, 0.1) is 6.33 Å². The summed E-state index contributed by atoms with van der Waals surface area (Å²) in [7, 11) is 3.31. The van der Waals surface area contributed by atoms with Crippen LogP contribution in [0.5, 0.6) is 0 Å². The summed E-state index contributed by atoms with van der Waals surface area (Å²) in [6.45, 7) is 0. The number of nitrogens with one attached hydrogen (secondary N) is 1. The smallest absolute Gasteiger partial charge is 0.358 e. The fourth-order valence-electron chi connectivity index (χ4n) is 1.83. The molecule has 11 heteroatoms. The third-order valence-corrected chi connectivity index (χ3v) is 3.84. The van der Waals surface area contributed by atoms with Gasteiger partial charge in [0.25, 0.3) is 5.56 Å². The van der Waals surface area contributed by atoms with Crippen LogP contribution in [-0.2, 0) is 14.1 Å². The Morgan fingerprint density at radius 3 is 2.71 bits per heavy atom. The summed E-state index contributed by atoms with van der Waals surface area (Å²) < 4.78 is 3.05. The molecule has 0 spiro atoms. The molecule has 0 bridgehead atoms. The Labute approximate surface area is 121 Å². The van der Waals surface area contributed by atoms with Crippen molar-refractivity contribution in [3.05, 3.63) is 33.1 Å². The molecule has 3 aromatic rings. The van der Waals surface area contributed by atoms with Gasteiger partial charge in [-0.1, -0.05) is 0 Å². The molecule has 0 radical (unpaired) electrons. The first-order valence-electron chi connectivity index (χ1n) is 5.72. The van der Waals surface area contributed by atoms with Crippen LogP contribution in [0.2, 0.25) is 0 Å². The molecule has 3 heterocycles. The molecule has 0 saturated carbocycles. The zero-order chi connectivity index (χ0) is 15.1. The Morgan fingerprint density at radius 1 is 1.29 bits per heavy atom. The van der Waals surface area contributed by atoms with Gasteiger partial charge >= 0.3 is 5.82 Å². The van der Waals surface area contributed by atoms with E-state index in [0.29, 0.717) is 5.52 Å². The lowest BCUT2D eigenvalue weighted by Gasteiger charge is -2.01. The molecule has 0 aliphatic rings. The standard InChI is InChI=1S/C10H9N7O3S/c1-15-3-11-6-5(15)8(18)14-10(13-6)21-9-7(17(19)20)12-4-16(9)2/h3-4H,1-2H3,(H,13,14,18). The fourth-order valence-corrected chi connectivity index (χ4v) is 2.70. The third kappa shape index (κ3) is 2.16. The minimum absolute atomic E-state index is 0.220. The molecule has 0 saturated heterocycles. The fraction of sp³-hybridized carbons (Fsp3) is 0.200. The van der Waals surface area contributed by atoms with Gasteiger partial charge in [-0.2, -0.15) is 0 Å². The van der Waals surface area contributed by atoms with Gasteiger partial charge in [0.15, 0.2) is 21.3 Å². The maximum absolute atomic E-state index is 12.0. The monoisotopic (exact) mass is 307 g/mol. The van der Waals surface area contributed by atoms with Crippen molar-refractivity contribution in [2.45, 2.75) is 10.2 Å². The van der Waals surface area contributed by atoms with Crippen LogP contribution in [0.1, 0.15) is 0 Å². The highest BCUT2D eigenvalue weighted by molar-refractivity contribution is 7.99. The van der Waals surface area contributed by atoms with Crippen LogP contribution in [0.4, 0.5) is 5.82 Å². The molecule has 0 aliphatic heterocycles. The molecular formula is C10H9N7O3S. The number of H-pyrrole nitrogens is 1. The molecule has 0 atom stereocenters. The number of hydrogen-bond acceptors (Lipinski definition) is 7. The number of aryl methyl sites for hydroxylation is 2. The number of imidazole rings is 2. The second-order valence-electron chi connectivity index (χ2n) is 4.24. The van der Waals surface area contributed by atoms with E-state index in [9.17, 15) is 14.9 Å². The number of hydrogen-bond donors (Lipinski definition) is 1. The van der Waals surface area contributed by atoms with Crippen molar-refractivity contribution in [2.75, 3.05) is 0 Å². The Kier molecular flexibility index (Phi) is 2.97. The van der Waals surface area contributed by atoms with E-state index in [0.717, 1.165) is 11.8 Å². The number of rotatable bonds is 3. The lowest BCUT2D eigenvalue weighted by molar-refractivity contribution is -0.392. The lowest BCUT2D eigenvalue weighted by atomic mass is 10.5. The van der Waals surface area contributed by atoms with E-state index in [2.05, 4.69) is 19.9 Å². The Balaban J connectivity index is 2.09. The van der Waals surface area contributed by atoms with Gasteiger partial charge in [-0.25, -0.2) is 9.97 Å². The highest BCUT2D eigenvalue weighted by Crippen LogP contribution is 2.31. The molecule has 0 amide bonds. The van der Waals surface area contributed by atoms with Crippen molar-refractivity contribution in [3.63, 3.8) is 0 Å².